The fourth-order valence-electron chi connectivity index (χ4n) is 1.56. The van der Waals surface area contributed by atoms with E-state index in [9.17, 15) is 4.57 Å². The van der Waals surface area contributed by atoms with Crippen molar-refractivity contribution >= 4 is 8.03 Å². The monoisotopic (exact) mass is 206 g/mol. The standard InChI is InChI=1S/C10H23O2P/c1-3-5-6-7-9-10(8-4-2)13(11)12/h10,13H,3-9H2,1-2H3,(H,11,12). The van der Waals surface area contributed by atoms with Crippen LogP contribution in [0.3, 0.4) is 0 Å². The van der Waals surface area contributed by atoms with E-state index < -0.39 is 8.03 Å². The van der Waals surface area contributed by atoms with E-state index in [2.05, 4.69) is 13.8 Å². The van der Waals surface area contributed by atoms with Crippen molar-refractivity contribution in [3.8, 4) is 0 Å². The van der Waals surface area contributed by atoms with E-state index in [0.717, 1.165) is 25.7 Å². The predicted molar refractivity (Wildman–Crippen MR) is 58.7 cm³/mol. The molecule has 0 bridgehead atoms. The highest BCUT2D eigenvalue weighted by molar-refractivity contribution is 7.38. The minimum atomic E-state index is -2.27. The van der Waals surface area contributed by atoms with Gasteiger partial charge in [0.15, 0.2) is 8.03 Å². The van der Waals surface area contributed by atoms with Gasteiger partial charge in [0, 0.05) is 5.66 Å². The molecular formula is C10H23O2P. The molecule has 0 amide bonds. The Morgan fingerprint density at radius 2 is 1.77 bits per heavy atom. The lowest BCUT2D eigenvalue weighted by molar-refractivity contribution is 0.469. The molecule has 0 saturated heterocycles. The number of hydrogen-bond donors (Lipinski definition) is 1. The average Bonchev–Trinajstić information content (AvgIpc) is 2.10. The third-order valence-electron chi connectivity index (χ3n) is 2.39. The van der Waals surface area contributed by atoms with Crippen molar-refractivity contribution in [2.75, 3.05) is 0 Å². The third-order valence-corrected chi connectivity index (χ3v) is 3.67. The summed E-state index contributed by atoms with van der Waals surface area (Å²) in [5.74, 6) is 0. The van der Waals surface area contributed by atoms with E-state index in [4.69, 9.17) is 4.89 Å². The second-order valence-electron chi connectivity index (χ2n) is 3.67. The Morgan fingerprint density at radius 1 is 1.08 bits per heavy atom. The molecule has 0 saturated carbocycles. The highest BCUT2D eigenvalue weighted by Gasteiger charge is 2.12. The maximum atomic E-state index is 10.9. The summed E-state index contributed by atoms with van der Waals surface area (Å²) >= 11 is 0. The first-order valence-electron chi connectivity index (χ1n) is 5.45. The van der Waals surface area contributed by atoms with Crippen molar-refractivity contribution in [1.82, 2.24) is 0 Å². The van der Waals surface area contributed by atoms with E-state index in [-0.39, 0.29) is 5.66 Å². The van der Waals surface area contributed by atoms with E-state index in [0.29, 0.717) is 0 Å². The van der Waals surface area contributed by atoms with Crippen LogP contribution in [0.4, 0.5) is 0 Å². The molecule has 2 atom stereocenters. The molecular weight excluding hydrogens is 183 g/mol. The quantitative estimate of drug-likeness (QED) is 0.486. The molecule has 0 aromatic carbocycles. The van der Waals surface area contributed by atoms with E-state index in [1.165, 1.54) is 19.3 Å². The lowest BCUT2D eigenvalue weighted by atomic mass is 10.1. The lowest BCUT2D eigenvalue weighted by Gasteiger charge is -2.11. The molecule has 0 aromatic heterocycles. The second kappa shape index (κ2) is 8.77. The van der Waals surface area contributed by atoms with Gasteiger partial charge in [-0.2, -0.15) is 0 Å². The fourth-order valence-corrected chi connectivity index (χ4v) is 2.54. The van der Waals surface area contributed by atoms with Crippen LogP contribution < -0.4 is 0 Å². The van der Waals surface area contributed by atoms with Crippen LogP contribution in [0, 0.1) is 0 Å². The molecule has 0 fully saturated rings. The number of rotatable bonds is 8. The normalized spacial score (nSPS) is 15.6. The summed E-state index contributed by atoms with van der Waals surface area (Å²) in [4.78, 5) is 9.05. The molecule has 0 aromatic rings. The Morgan fingerprint density at radius 3 is 2.23 bits per heavy atom. The molecule has 0 aliphatic heterocycles. The van der Waals surface area contributed by atoms with Crippen molar-refractivity contribution in [3.63, 3.8) is 0 Å². The first-order valence-corrected chi connectivity index (χ1v) is 6.88. The SMILES string of the molecule is CCCCCCC(CCC)[PH](=O)O. The summed E-state index contributed by atoms with van der Waals surface area (Å²) in [5.41, 5.74) is 0.0897. The van der Waals surface area contributed by atoms with Crippen molar-refractivity contribution in [2.24, 2.45) is 0 Å². The van der Waals surface area contributed by atoms with Gasteiger partial charge in [0.25, 0.3) is 0 Å². The van der Waals surface area contributed by atoms with Crippen LogP contribution in [0.1, 0.15) is 58.8 Å². The molecule has 13 heavy (non-hydrogen) atoms. The van der Waals surface area contributed by atoms with Crippen LogP contribution >= 0.6 is 8.03 Å². The first kappa shape index (κ1) is 13.2. The van der Waals surface area contributed by atoms with Gasteiger partial charge in [-0.1, -0.05) is 46.0 Å². The zero-order valence-corrected chi connectivity index (χ0v) is 9.88. The zero-order chi connectivity index (χ0) is 10.1. The van der Waals surface area contributed by atoms with Crippen molar-refractivity contribution < 1.29 is 9.46 Å². The van der Waals surface area contributed by atoms with Gasteiger partial charge in [0.2, 0.25) is 0 Å². The summed E-state index contributed by atoms with van der Waals surface area (Å²) in [6.45, 7) is 4.25. The predicted octanol–water partition coefficient (Wildman–Crippen LogP) is 3.59. The Balaban J connectivity index is 3.51. The molecule has 3 heteroatoms. The van der Waals surface area contributed by atoms with Gasteiger partial charge in [0.05, 0.1) is 0 Å². The van der Waals surface area contributed by atoms with E-state index >= 15 is 0 Å². The maximum Gasteiger partial charge on any atom is 0.192 e. The molecule has 0 spiro atoms. The van der Waals surface area contributed by atoms with Gasteiger partial charge < -0.3 is 4.89 Å². The van der Waals surface area contributed by atoms with Crippen LogP contribution in [-0.4, -0.2) is 10.6 Å². The Labute approximate surface area is 82.6 Å². The molecule has 80 valence electrons. The molecule has 0 rings (SSSR count). The van der Waals surface area contributed by atoms with Crippen LogP contribution in [0.5, 0.6) is 0 Å². The Kier molecular flexibility index (Phi) is 8.90. The summed E-state index contributed by atoms with van der Waals surface area (Å²) in [6.07, 6.45) is 7.71. The summed E-state index contributed by atoms with van der Waals surface area (Å²) in [7, 11) is -2.27. The molecule has 0 aliphatic rings. The summed E-state index contributed by atoms with van der Waals surface area (Å²) < 4.78 is 10.9. The van der Waals surface area contributed by atoms with Gasteiger partial charge in [0.1, 0.15) is 0 Å². The first-order chi connectivity index (χ1) is 6.22. The lowest BCUT2D eigenvalue weighted by Crippen LogP contribution is -2.01. The smallest absolute Gasteiger partial charge is 0.192 e. The highest BCUT2D eigenvalue weighted by Crippen LogP contribution is 2.30. The number of unbranched alkanes of at least 4 members (excludes halogenated alkanes) is 3. The minimum absolute atomic E-state index is 0.0897. The zero-order valence-electron chi connectivity index (χ0n) is 8.88. The summed E-state index contributed by atoms with van der Waals surface area (Å²) in [6, 6.07) is 0. The number of hydrogen-bond acceptors (Lipinski definition) is 1. The van der Waals surface area contributed by atoms with Gasteiger partial charge in [-0.05, 0) is 12.8 Å². The van der Waals surface area contributed by atoms with Crippen LogP contribution in [-0.2, 0) is 4.57 Å². The van der Waals surface area contributed by atoms with Gasteiger partial charge in [-0.3, -0.25) is 4.57 Å². The molecule has 0 heterocycles. The van der Waals surface area contributed by atoms with Crippen LogP contribution in [0.15, 0.2) is 0 Å². The third kappa shape index (κ3) is 7.28. The van der Waals surface area contributed by atoms with Crippen molar-refractivity contribution in [2.45, 2.75) is 64.5 Å². The molecule has 2 unspecified atom stereocenters. The van der Waals surface area contributed by atoms with Gasteiger partial charge in [-0.25, -0.2) is 0 Å². The average molecular weight is 206 g/mol. The van der Waals surface area contributed by atoms with Crippen LogP contribution in [0.2, 0.25) is 0 Å². The Bertz CT molecular complexity index is 137. The van der Waals surface area contributed by atoms with Gasteiger partial charge >= 0.3 is 0 Å². The van der Waals surface area contributed by atoms with Crippen LogP contribution in [0.25, 0.3) is 0 Å². The van der Waals surface area contributed by atoms with E-state index in [1.54, 1.807) is 0 Å². The largest absolute Gasteiger partial charge is 0.346 e. The Hall–Kier alpha value is 0.190. The van der Waals surface area contributed by atoms with E-state index in [1.807, 2.05) is 0 Å². The molecule has 2 nitrogen and oxygen atoms in total. The topological polar surface area (TPSA) is 37.3 Å². The highest BCUT2D eigenvalue weighted by atomic mass is 31.1. The second-order valence-corrected chi connectivity index (χ2v) is 5.17. The summed E-state index contributed by atoms with van der Waals surface area (Å²) in [5, 5.41) is 0. The molecule has 0 aliphatic carbocycles. The fraction of sp³-hybridized carbons (Fsp3) is 1.00. The van der Waals surface area contributed by atoms with Crippen molar-refractivity contribution in [3.05, 3.63) is 0 Å². The van der Waals surface area contributed by atoms with Crippen molar-refractivity contribution in [1.29, 1.82) is 0 Å². The maximum absolute atomic E-state index is 10.9. The minimum Gasteiger partial charge on any atom is -0.346 e. The molecule has 1 N–H and O–H groups in total. The molecule has 0 radical (unpaired) electrons. The van der Waals surface area contributed by atoms with Gasteiger partial charge in [-0.15, -0.1) is 0 Å².